The monoisotopic (exact) mass is 235 g/mol. The maximum atomic E-state index is 12.1. The quantitative estimate of drug-likeness (QED) is 0.639. The summed E-state index contributed by atoms with van der Waals surface area (Å²) in [6.07, 6.45) is 1.44. The molecule has 82 valence electrons. The lowest BCUT2D eigenvalue weighted by molar-refractivity contribution is 0.103. The lowest BCUT2D eigenvalue weighted by Crippen LogP contribution is -2.10. The molecule has 0 amide bonds. The topological polar surface area (TPSA) is 60.9 Å². The fourth-order valence-corrected chi connectivity index (χ4v) is 1.75. The summed E-state index contributed by atoms with van der Waals surface area (Å²) in [7, 11) is 1.66. The van der Waals surface area contributed by atoms with Gasteiger partial charge in [0.15, 0.2) is 0 Å². The summed E-state index contributed by atoms with van der Waals surface area (Å²) in [6, 6.07) is 6.88. The zero-order valence-electron chi connectivity index (χ0n) is 8.64. The summed E-state index contributed by atoms with van der Waals surface area (Å²) in [6.45, 7) is 0. The van der Waals surface area contributed by atoms with Crippen LogP contribution in [-0.4, -0.2) is 15.6 Å². The number of hydrogen-bond donors (Lipinski definition) is 1. The van der Waals surface area contributed by atoms with E-state index >= 15 is 0 Å². The van der Waals surface area contributed by atoms with Gasteiger partial charge in [0.2, 0.25) is 5.78 Å². The molecule has 0 bridgehead atoms. The van der Waals surface area contributed by atoms with Gasteiger partial charge in [-0.3, -0.25) is 9.48 Å². The molecule has 2 N–H and O–H groups in total. The third-order valence-electron chi connectivity index (χ3n) is 2.31. The summed E-state index contributed by atoms with van der Waals surface area (Å²) in [4.78, 5) is 12.1. The molecule has 0 saturated heterocycles. The molecule has 0 aliphatic heterocycles. The van der Waals surface area contributed by atoms with Crippen molar-refractivity contribution >= 4 is 23.1 Å². The molecule has 2 rings (SSSR count). The average molecular weight is 236 g/mol. The van der Waals surface area contributed by atoms with E-state index in [1.807, 2.05) is 0 Å². The van der Waals surface area contributed by atoms with E-state index in [1.165, 1.54) is 10.9 Å². The molecule has 2 aromatic rings. The van der Waals surface area contributed by atoms with Gasteiger partial charge in [-0.1, -0.05) is 23.7 Å². The Labute approximate surface area is 97.6 Å². The second-order valence-corrected chi connectivity index (χ2v) is 3.79. The first-order chi connectivity index (χ1) is 7.61. The second-order valence-electron chi connectivity index (χ2n) is 3.38. The number of ketones is 1. The molecular weight excluding hydrogens is 226 g/mol. The highest BCUT2D eigenvalue weighted by Gasteiger charge is 2.18. The van der Waals surface area contributed by atoms with E-state index in [4.69, 9.17) is 17.3 Å². The number of para-hydroxylation sites is 1. The van der Waals surface area contributed by atoms with E-state index in [2.05, 4.69) is 5.10 Å². The minimum Gasteiger partial charge on any atom is -0.398 e. The number of aromatic nitrogens is 2. The van der Waals surface area contributed by atoms with Crippen LogP contribution in [0.5, 0.6) is 0 Å². The van der Waals surface area contributed by atoms with E-state index in [1.54, 1.807) is 31.3 Å². The van der Waals surface area contributed by atoms with Crippen LogP contribution in [0.3, 0.4) is 0 Å². The van der Waals surface area contributed by atoms with Gasteiger partial charge in [-0.15, -0.1) is 0 Å². The predicted octanol–water partition coefficient (Wildman–Crippen LogP) is 1.89. The third kappa shape index (κ3) is 1.67. The van der Waals surface area contributed by atoms with Crippen molar-refractivity contribution in [3.8, 4) is 0 Å². The fraction of sp³-hybridized carbons (Fsp3) is 0.0909. The van der Waals surface area contributed by atoms with Crippen molar-refractivity contribution in [3.63, 3.8) is 0 Å². The summed E-state index contributed by atoms with van der Waals surface area (Å²) in [5.74, 6) is -0.219. The number of aryl methyl sites for hydroxylation is 1. The lowest BCUT2D eigenvalue weighted by Gasteiger charge is -2.05. The number of benzene rings is 1. The van der Waals surface area contributed by atoms with Crippen molar-refractivity contribution in [1.29, 1.82) is 0 Å². The van der Waals surface area contributed by atoms with Crippen LogP contribution >= 0.6 is 11.6 Å². The number of carbonyl (C=O) groups excluding carboxylic acids is 1. The minimum absolute atomic E-state index is 0.219. The Morgan fingerprint density at radius 2 is 2.12 bits per heavy atom. The highest BCUT2D eigenvalue weighted by molar-refractivity contribution is 6.34. The highest BCUT2D eigenvalue weighted by Crippen LogP contribution is 2.21. The van der Waals surface area contributed by atoms with Crippen LogP contribution in [0.25, 0.3) is 0 Å². The summed E-state index contributed by atoms with van der Waals surface area (Å²) >= 11 is 5.90. The van der Waals surface area contributed by atoms with Gasteiger partial charge in [0.1, 0.15) is 5.69 Å². The first-order valence-electron chi connectivity index (χ1n) is 4.68. The molecule has 0 atom stereocenters. The molecule has 0 spiro atoms. The van der Waals surface area contributed by atoms with Gasteiger partial charge < -0.3 is 5.73 Å². The number of nitrogens with two attached hydrogens (primary N) is 1. The normalized spacial score (nSPS) is 10.4. The number of carbonyl (C=O) groups is 1. The molecule has 0 fully saturated rings. The van der Waals surface area contributed by atoms with Crippen molar-refractivity contribution in [2.45, 2.75) is 0 Å². The Morgan fingerprint density at radius 3 is 2.69 bits per heavy atom. The Balaban J connectivity index is 2.52. The van der Waals surface area contributed by atoms with Gasteiger partial charge in [-0.05, 0) is 12.1 Å². The smallest absolute Gasteiger partial charge is 0.214 e. The minimum atomic E-state index is -0.219. The fourth-order valence-electron chi connectivity index (χ4n) is 1.50. The largest absolute Gasteiger partial charge is 0.398 e. The second kappa shape index (κ2) is 3.98. The number of hydrogen-bond acceptors (Lipinski definition) is 3. The van der Waals surface area contributed by atoms with Crippen LogP contribution in [0, 0.1) is 0 Å². The van der Waals surface area contributed by atoms with Gasteiger partial charge in [0, 0.05) is 18.3 Å². The Hall–Kier alpha value is -1.81. The van der Waals surface area contributed by atoms with E-state index in [0.29, 0.717) is 22.0 Å². The van der Waals surface area contributed by atoms with Crippen LogP contribution < -0.4 is 5.73 Å². The maximum Gasteiger partial charge on any atom is 0.214 e. The summed E-state index contributed by atoms with van der Waals surface area (Å²) in [5.41, 5.74) is 6.95. The van der Waals surface area contributed by atoms with E-state index in [0.717, 1.165) is 0 Å². The molecule has 1 aromatic heterocycles. The molecular formula is C11H10ClN3O. The zero-order valence-corrected chi connectivity index (χ0v) is 9.40. The van der Waals surface area contributed by atoms with E-state index < -0.39 is 0 Å². The molecule has 0 radical (unpaired) electrons. The SMILES string of the molecule is Cn1ncc(Cl)c1C(=O)c1ccccc1N. The summed E-state index contributed by atoms with van der Waals surface area (Å²) in [5, 5.41) is 4.24. The van der Waals surface area contributed by atoms with Gasteiger partial charge in [0.25, 0.3) is 0 Å². The Morgan fingerprint density at radius 1 is 1.44 bits per heavy atom. The third-order valence-corrected chi connectivity index (χ3v) is 2.59. The van der Waals surface area contributed by atoms with Gasteiger partial charge in [-0.25, -0.2) is 0 Å². The molecule has 1 aromatic carbocycles. The number of nitrogen functional groups attached to an aromatic ring is 1. The first kappa shape index (κ1) is 10.7. The summed E-state index contributed by atoms with van der Waals surface area (Å²) < 4.78 is 1.44. The zero-order chi connectivity index (χ0) is 11.7. The highest BCUT2D eigenvalue weighted by atomic mass is 35.5. The Bertz CT molecular complexity index is 528. The molecule has 16 heavy (non-hydrogen) atoms. The van der Waals surface area contributed by atoms with Crippen LogP contribution in [0.2, 0.25) is 5.02 Å². The van der Waals surface area contributed by atoms with Crippen molar-refractivity contribution < 1.29 is 4.79 Å². The molecule has 0 aliphatic carbocycles. The van der Waals surface area contributed by atoms with E-state index in [9.17, 15) is 4.79 Å². The molecule has 0 unspecified atom stereocenters. The number of nitrogens with zero attached hydrogens (tertiary/aromatic N) is 2. The maximum absolute atomic E-state index is 12.1. The number of anilines is 1. The average Bonchev–Trinajstić information content (AvgIpc) is 2.58. The van der Waals surface area contributed by atoms with Crippen LogP contribution in [0.4, 0.5) is 5.69 Å². The standard InChI is InChI=1S/C11H10ClN3O/c1-15-10(8(12)6-14-15)11(16)7-4-2-3-5-9(7)13/h2-6H,13H2,1H3. The molecule has 5 heteroatoms. The molecule has 0 aliphatic rings. The van der Waals surface area contributed by atoms with Crippen LogP contribution in [-0.2, 0) is 7.05 Å². The molecule has 1 heterocycles. The molecule has 0 saturated carbocycles. The Kier molecular flexibility index (Phi) is 2.66. The number of halogens is 1. The van der Waals surface area contributed by atoms with Crippen LogP contribution in [0.1, 0.15) is 16.1 Å². The number of rotatable bonds is 2. The predicted molar refractivity (Wildman–Crippen MR) is 62.5 cm³/mol. The van der Waals surface area contributed by atoms with Crippen LogP contribution in [0.15, 0.2) is 30.5 Å². The van der Waals surface area contributed by atoms with Gasteiger partial charge in [0.05, 0.1) is 11.2 Å². The van der Waals surface area contributed by atoms with Crippen molar-refractivity contribution in [3.05, 3.63) is 46.7 Å². The first-order valence-corrected chi connectivity index (χ1v) is 5.05. The molecule has 4 nitrogen and oxygen atoms in total. The van der Waals surface area contributed by atoms with E-state index in [-0.39, 0.29) is 5.78 Å². The van der Waals surface area contributed by atoms with Crippen molar-refractivity contribution in [1.82, 2.24) is 9.78 Å². The lowest BCUT2D eigenvalue weighted by atomic mass is 10.1. The van der Waals surface area contributed by atoms with Crippen molar-refractivity contribution in [2.24, 2.45) is 7.05 Å². The van der Waals surface area contributed by atoms with Crippen molar-refractivity contribution in [2.75, 3.05) is 5.73 Å². The van der Waals surface area contributed by atoms with Gasteiger partial charge in [-0.2, -0.15) is 5.10 Å². The van der Waals surface area contributed by atoms with Gasteiger partial charge >= 0.3 is 0 Å².